The molecule has 0 aliphatic rings. The van der Waals surface area contributed by atoms with Crippen LogP contribution in [-0.4, -0.2) is 16.1 Å². The Morgan fingerprint density at radius 2 is 2.17 bits per heavy atom. The molecule has 0 unspecified atom stereocenters. The van der Waals surface area contributed by atoms with Crippen molar-refractivity contribution in [1.29, 1.82) is 0 Å². The van der Waals surface area contributed by atoms with Crippen molar-refractivity contribution in [2.45, 2.75) is 20.3 Å². The fourth-order valence-corrected chi connectivity index (χ4v) is 1.46. The lowest BCUT2D eigenvalue weighted by Crippen LogP contribution is -2.01. The first-order chi connectivity index (χ1) is 5.52. The molecule has 1 aromatic heterocycles. The van der Waals surface area contributed by atoms with Gasteiger partial charge in [-0.15, -0.1) is 0 Å². The molecule has 3 nitrogen and oxygen atoms in total. The van der Waals surface area contributed by atoms with Gasteiger partial charge in [0, 0.05) is 15.9 Å². The van der Waals surface area contributed by atoms with Crippen LogP contribution in [0.3, 0.4) is 0 Å². The number of aryl methyl sites for hydroxylation is 1. The maximum Gasteiger partial charge on any atom is 0.309 e. The first-order valence-corrected chi connectivity index (χ1v) is 4.37. The molecule has 4 heteroatoms. The van der Waals surface area contributed by atoms with Crippen molar-refractivity contribution < 1.29 is 9.90 Å². The first kappa shape index (κ1) is 9.32. The van der Waals surface area contributed by atoms with E-state index in [0.29, 0.717) is 0 Å². The minimum atomic E-state index is -0.813. The quantitative estimate of drug-likeness (QED) is 0.819. The number of aliphatic carboxylic acids is 1. The summed E-state index contributed by atoms with van der Waals surface area (Å²) in [6.07, 6.45) is 0.0538. The Kier molecular flexibility index (Phi) is 2.57. The van der Waals surface area contributed by atoms with E-state index < -0.39 is 5.97 Å². The molecular weight excluding hydrogens is 222 g/mol. The lowest BCUT2D eigenvalue weighted by molar-refractivity contribution is -0.136. The molecule has 0 aliphatic carbocycles. The summed E-state index contributed by atoms with van der Waals surface area (Å²) in [7, 11) is 0. The van der Waals surface area contributed by atoms with Gasteiger partial charge >= 0.3 is 5.97 Å². The number of aromatic nitrogens is 1. The highest BCUT2D eigenvalue weighted by Gasteiger charge is 2.10. The van der Waals surface area contributed by atoms with E-state index in [1.165, 1.54) is 0 Å². The zero-order valence-electron chi connectivity index (χ0n) is 6.94. The summed E-state index contributed by atoms with van der Waals surface area (Å²) in [5.74, 6) is -0.813. The summed E-state index contributed by atoms with van der Waals surface area (Å²) < 4.78 is 0.971. The molecule has 0 saturated heterocycles. The number of H-pyrrole nitrogens is 1. The van der Waals surface area contributed by atoms with Gasteiger partial charge in [0.2, 0.25) is 0 Å². The predicted octanol–water partition coefficient (Wildman–Crippen LogP) is 2.02. The average Bonchev–Trinajstić information content (AvgIpc) is 2.17. The van der Waals surface area contributed by atoms with Gasteiger partial charge in [0.1, 0.15) is 0 Å². The highest BCUT2D eigenvalue weighted by Crippen LogP contribution is 2.23. The van der Waals surface area contributed by atoms with Crippen LogP contribution in [0.25, 0.3) is 0 Å². The molecule has 0 spiro atoms. The number of aromatic amines is 1. The second-order valence-electron chi connectivity index (χ2n) is 2.74. The number of hydrogen-bond donors (Lipinski definition) is 2. The van der Waals surface area contributed by atoms with E-state index in [0.717, 1.165) is 21.4 Å². The van der Waals surface area contributed by atoms with Crippen molar-refractivity contribution >= 4 is 21.9 Å². The Hall–Kier alpha value is -0.770. The van der Waals surface area contributed by atoms with Gasteiger partial charge in [0.15, 0.2) is 0 Å². The van der Waals surface area contributed by atoms with Crippen molar-refractivity contribution in [1.82, 2.24) is 4.98 Å². The number of carbonyl (C=O) groups is 1. The number of nitrogens with one attached hydrogen (secondary N) is 1. The van der Waals surface area contributed by atoms with Gasteiger partial charge in [-0.2, -0.15) is 0 Å². The summed E-state index contributed by atoms with van der Waals surface area (Å²) in [5.41, 5.74) is 2.73. The third-order valence-corrected chi connectivity index (χ3v) is 2.97. The van der Waals surface area contributed by atoms with Gasteiger partial charge in [-0.25, -0.2) is 0 Å². The Balaban J connectivity index is 3.01. The second kappa shape index (κ2) is 3.31. The molecule has 0 atom stereocenters. The van der Waals surface area contributed by atoms with Gasteiger partial charge in [0.05, 0.1) is 6.42 Å². The van der Waals surface area contributed by atoms with E-state index >= 15 is 0 Å². The van der Waals surface area contributed by atoms with Crippen LogP contribution in [-0.2, 0) is 11.2 Å². The average molecular weight is 232 g/mol. The summed E-state index contributed by atoms with van der Waals surface area (Å²) in [6.45, 7) is 3.80. The molecule has 0 saturated carbocycles. The summed E-state index contributed by atoms with van der Waals surface area (Å²) in [4.78, 5) is 13.4. The van der Waals surface area contributed by atoms with Crippen molar-refractivity contribution in [2.24, 2.45) is 0 Å². The van der Waals surface area contributed by atoms with Gasteiger partial charge in [-0.05, 0) is 35.3 Å². The molecule has 1 rings (SSSR count). The predicted molar refractivity (Wildman–Crippen MR) is 49.3 cm³/mol. The van der Waals surface area contributed by atoms with Crippen LogP contribution in [0.4, 0.5) is 0 Å². The second-order valence-corrected chi connectivity index (χ2v) is 3.53. The highest BCUT2D eigenvalue weighted by molar-refractivity contribution is 9.10. The third-order valence-electron chi connectivity index (χ3n) is 1.78. The standard InChI is InChI=1S/C8H10BrNO2/c1-4-6(3-7(11)12)10-5(2)8(4)9/h10H,3H2,1-2H3,(H,11,12). The minimum absolute atomic E-state index is 0.0538. The lowest BCUT2D eigenvalue weighted by atomic mass is 10.2. The van der Waals surface area contributed by atoms with E-state index in [1.54, 1.807) is 0 Å². The molecule has 1 heterocycles. The van der Waals surface area contributed by atoms with Gasteiger partial charge < -0.3 is 10.1 Å². The van der Waals surface area contributed by atoms with E-state index in [2.05, 4.69) is 20.9 Å². The maximum atomic E-state index is 10.4. The molecule has 12 heavy (non-hydrogen) atoms. The lowest BCUT2D eigenvalue weighted by Gasteiger charge is -1.93. The Morgan fingerprint density at radius 1 is 1.58 bits per heavy atom. The van der Waals surface area contributed by atoms with Crippen molar-refractivity contribution in [3.63, 3.8) is 0 Å². The zero-order chi connectivity index (χ0) is 9.30. The maximum absolute atomic E-state index is 10.4. The van der Waals surface area contributed by atoms with Crippen LogP contribution in [0.1, 0.15) is 17.0 Å². The van der Waals surface area contributed by atoms with Crippen LogP contribution in [0.2, 0.25) is 0 Å². The van der Waals surface area contributed by atoms with Crippen molar-refractivity contribution in [3.05, 3.63) is 21.4 Å². The van der Waals surface area contributed by atoms with E-state index in [9.17, 15) is 4.79 Å². The van der Waals surface area contributed by atoms with Crippen LogP contribution in [0.15, 0.2) is 4.47 Å². The van der Waals surface area contributed by atoms with Crippen LogP contribution in [0.5, 0.6) is 0 Å². The fourth-order valence-electron chi connectivity index (χ4n) is 1.12. The topological polar surface area (TPSA) is 53.1 Å². The Bertz CT molecular complexity index is 317. The van der Waals surface area contributed by atoms with Gasteiger partial charge in [0.25, 0.3) is 0 Å². The number of hydrogen-bond acceptors (Lipinski definition) is 1. The molecule has 0 radical (unpaired) electrons. The number of halogens is 1. The van der Waals surface area contributed by atoms with Crippen LogP contribution < -0.4 is 0 Å². The van der Waals surface area contributed by atoms with Gasteiger partial charge in [-0.1, -0.05) is 0 Å². The Morgan fingerprint density at radius 3 is 2.50 bits per heavy atom. The number of carboxylic acids is 1. The molecule has 0 amide bonds. The third kappa shape index (κ3) is 1.69. The fraction of sp³-hybridized carbons (Fsp3) is 0.375. The largest absolute Gasteiger partial charge is 0.481 e. The summed E-state index contributed by atoms with van der Waals surface area (Å²) >= 11 is 3.37. The number of carboxylic acid groups (broad SMARTS) is 1. The molecule has 1 aromatic rings. The molecule has 2 N–H and O–H groups in total. The molecular formula is C8H10BrNO2. The minimum Gasteiger partial charge on any atom is -0.481 e. The Labute approximate surface area is 78.9 Å². The molecule has 0 fully saturated rings. The van der Waals surface area contributed by atoms with Crippen LogP contribution in [0, 0.1) is 13.8 Å². The van der Waals surface area contributed by atoms with E-state index in [1.807, 2.05) is 13.8 Å². The summed E-state index contributed by atoms with van der Waals surface area (Å²) in [6, 6.07) is 0. The monoisotopic (exact) mass is 231 g/mol. The first-order valence-electron chi connectivity index (χ1n) is 3.57. The normalized spacial score (nSPS) is 10.2. The van der Waals surface area contributed by atoms with E-state index in [-0.39, 0.29) is 6.42 Å². The zero-order valence-corrected chi connectivity index (χ0v) is 8.53. The SMILES string of the molecule is Cc1[nH]c(CC(=O)O)c(C)c1Br. The van der Waals surface area contributed by atoms with Crippen molar-refractivity contribution in [3.8, 4) is 0 Å². The molecule has 0 aliphatic heterocycles. The highest BCUT2D eigenvalue weighted by atomic mass is 79.9. The number of rotatable bonds is 2. The van der Waals surface area contributed by atoms with E-state index in [4.69, 9.17) is 5.11 Å². The smallest absolute Gasteiger partial charge is 0.309 e. The molecule has 66 valence electrons. The molecule has 0 aromatic carbocycles. The van der Waals surface area contributed by atoms with Gasteiger partial charge in [-0.3, -0.25) is 4.79 Å². The van der Waals surface area contributed by atoms with Crippen LogP contribution >= 0.6 is 15.9 Å². The van der Waals surface area contributed by atoms with Crippen molar-refractivity contribution in [2.75, 3.05) is 0 Å². The molecule has 0 bridgehead atoms. The summed E-state index contributed by atoms with van der Waals surface area (Å²) in [5, 5.41) is 8.56.